The molecule has 1 aliphatic heterocycles. The molecule has 0 spiro atoms. The van der Waals surface area contributed by atoms with Crippen molar-refractivity contribution in [1.29, 1.82) is 0 Å². The summed E-state index contributed by atoms with van der Waals surface area (Å²) < 4.78 is 0. The first-order valence-corrected chi connectivity index (χ1v) is 12.7. The van der Waals surface area contributed by atoms with Crippen molar-refractivity contribution in [2.45, 2.75) is 58.8 Å². The van der Waals surface area contributed by atoms with Crippen LogP contribution in [-0.2, 0) is 20.4 Å². The molecule has 190 valence electrons. The minimum atomic E-state index is -0.0407. The minimum Gasteiger partial charge on any atom is -0.325 e. The lowest BCUT2D eigenvalue weighted by Crippen LogP contribution is -2.38. The number of para-hydroxylation sites is 2. The summed E-state index contributed by atoms with van der Waals surface area (Å²) >= 11 is 0. The molecule has 0 aliphatic carbocycles. The molecule has 6 nitrogen and oxygen atoms in total. The van der Waals surface area contributed by atoms with Crippen LogP contribution in [0.5, 0.6) is 0 Å². The largest absolute Gasteiger partial charge is 0.325 e. The van der Waals surface area contributed by atoms with E-state index in [-0.39, 0.29) is 22.6 Å². The maximum absolute atomic E-state index is 12.8. The van der Waals surface area contributed by atoms with E-state index in [2.05, 4.69) is 74.1 Å². The van der Waals surface area contributed by atoms with E-state index < -0.39 is 0 Å². The predicted molar refractivity (Wildman–Crippen MR) is 145 cm³/mol. The molecule has 2 aromatic rings. The van der Waals surface area contributed by atoms with Crippen LogP contribution < -0.4 is 10.6 Å². The van der Waals surface area contributed by atoms with Crippen molar-refractivity contribution in [1.82, 2.24) is 9.80 Å². The van der Waals surface area contributed by atoms with Gasteiger partial charge in [0.15, 0.2) is 0 Å². The topological polar surface area (TPSA) is 64.7 Å². The second kappa shape index (κ2) is 11.4. The zero-order chi connectivity index (χ0) is 25.6. The molecule has 0 bridgehead atoms. The Hall–Kier alpha value is -2.70. The molecule has 0 atom stereocenters. The molecule has 3 rings (SSSR count). The summed E-state index contributed by atoms with van der Waals surface area (Å²) in [7, 11) is 0. The van der Waals surface area contributed by atoms with Crippen molar-refractivity contribution in [3.05, 3.63) is 59.7 Å². The van der Waals surface area contributed by atoms with Gasteiger partial charge < -0.3 is 10.6 Å². The SMILES string of the molecule is CC(C)(C)c1ccccc1NC(=O)CN1CCCN(CC(=O)Nc2ccccc2C(C)(C)C)CC1. The van der Waals surface area contributed by atoms with E-state index in [1.807, 2.05) is 36.4 Å². The van der Waals surface area contributed by atoms with Gasteiger partial charge in [-0.2, -0.15) is 0 Å². The molecule has 0 radical (unpaired) electrons. The normalized spacial score (nSPS) is 15.9. The molecule has 0 aromatic heterocycles. The van der Waals surface area contributed by atoms with Gasteiger partial charge >= 0.3 is 0 Å². The van der Waals surface area contributed by atoms with Crippen LogP contribution in [0.3, 0.4) is 0 Å². The Morgan fingerprint density at radius 1 is 0.657 bits per heavy atom. The molecule has 0 unspecified atom stereocenters. The van der Waals surface area contributed by atoms with Crippen LogP contribution in [0.4, 0.5) is 11.4 Å². The monoisotopic (exact) mass is 478 g/mol. The maximum atomic E-state index is 12.8. The number of carbonyl (C=O) groups is 2. The van der Waals surface area contributed by atoms with E-state index in [1.165, 1.54) is 0 Å². The van der Waals surface area contributed by atoms with E-state index in [0.29, 0.717) is 13.1 Å². The third-order valence-corrected chi connectivity index (χ3v) is 6.43. The van der Waals surface area contributed by atoms with Gasteiger partial charge in [-0.25, -0.2) is 0 Å². The van der Waals surface area contributed by atoms with E-state index in [9.17, 15) is 9.59 Å². The molecule has 2 aromatic carbocycles. The number of anilines is 2. The summed E-state index contributed by atoms with van der Waals surface area (Å²) in [5.41, 5.74) is 3.95. The fourth-order valence-electron chi connectivity index (χ4n) is 4.62. The number of rotatable bonds is 6. The minimum absolute atomic E-state index is 0.00619. The average molecular weight is 479 g/mol. The second-order valence-corrected chi connectivity index (χ2v) is 11.6. The maximum Gasteiger partial charge on any atom is 0.238 e. The summed E-state index contributed by atoms with van der Waals surface area (Å²) in [5.74, 6) is 0.0124. The standard InChI is InChI=1S/C29H42N4O2/c1-28(2,3)22-12-7-9-14-24(22)30-26(34)20-32-16-11-17-33(19-18-32)21-27(35)31-25-15-10-8-13-23(25)29(4,5)6/h7-10,12-15H,11,16-21H2,1-6H3,(H,30,34)(H,31,35). The van der Waals surface area contributed by atoms with Gasteiger partial charge in [-0.15, -0.1) is 0 Å². The fourth-order valence-corrected chi connectivity index (χ4v) is 4.62. The molecule has 35 heavy (non-hydrogen) atoms. The highest BCUT2D eigenvalue weighted by Gasteiger charge is 2.23. The van der Waals surface area contributed by atoms with Crippen LogP contribution in [0.2, 0.25) is 0 Å². The first-order valence-electron chi connectivity index (χ1n) is 12.7. The van der Waals surface area contributed by atoms with E-state index in [1.54, 1.807) is 0 Å². The highest BCUT2D eigenvalue weighted by molar-refractivity contribution is 5.94. The van der Waals surface area contributed by atoms with Gasteiger partial charge in [0, 0.05) is 24.5 Å². The first kappa shape index (κ1) is 26.9. The highest BCUT2D eigenvalue weighted by Crippen LogP contribution is 2.30. The number of hydrogen-bond acceptors (Lipinski definition) is 4. The van der Waals surface area contributed by atoms with Crippen molar-refractivity contribution in [2.75, 3.05) is 49.9 Å². The van der Waals surface area contributed by atoms with Crippen LogP contribution >= 0.6 is 0 Å². The molecular formula is C29H42N4O2. The fraction of sp³-hybridized carbons (Fsp3) is 0.517. The Balaban J connectivity index is 1.51. The van der Waals surface area contributed by atoms with Crippen molar-refractivity contribution in [3.8, 4) is 0 Å². The molecular weight excluding hydrogens is 436 g/mol. The highest BCUT2D eigenvalue weighted by atomic mass is 16.2. The molecule has 2 N–H and O–H groups in total. The zero-order valence-electron chi connectivity index (χ0n) is 22.3. The lowest BCUT2D eigenvalue weighted by Gasteiger charge is -2.25. The van der Waals surface area contributed by atoms with Gasteiger partial charge in [0.25, 0.3) is 0 Å². The Labute approximate surface area is 211 Å². The molecule has 0 saturated carbocycles. The molecule has 2 amide bonds. The summed E-state index contributed by atoms with van der Waals surface area (Å²) in [4.78, 5) is 30.0. The van der Waals surface area contributed by atoms with Crippen LogP contribution in [0.15, 0.2) is 48.5 Å². The third-order valence-electron chi connectivity index (χ3n) is 6.43. The summed E-state index contributed by atoms with van der Waals surface area (Å²) in [5, 5.41) is 6.23. The Morgan fingerprint density at radius 2 is 1.03 bits per heavy atom. The molecule has 1 aliphatic rings. The van der Waals surface area contributed by atoms with Gasteiger partial charge in [0.2, 0.25) is 11.8 Å². The molecule has 1 heterocycles. The van der Waals surface area contributed by atoms with Crippen molar-refractivity contribution < 1.29 is 9.59 Å². The van der Waals surface area contributed by atoms with Crippen molar-refractivity contribution >= 4 is 23.2 Å². The first-order chi connectivity index (χ1) is 16.4. The Bertz CT molecular complexity index is 938. The van der Waals surface area contributed by atoms with E-state index in [0.717, 1.165) is 55.1 Å². The summed E-state index contributed by atoms with van der Waals surface area (Å²) in [6.07, 6.45) is 0.928. The quantitative estimate of drug-likeness (QED) is 0.622. The Kier molecular flexibility index (Phi) is 8.73. The van der Waals surface area contributed by atoms with Gasteiger partial charge in [0.05, 0.1) is 13.1 Å². The lowest BCUT2D eigenvalue weighted by molar-refractivity contribution is -0.118. The number of carbonyl (C=O) groups excluding carboxylic acids is 2. The van der Waals surface area contributed by atoms with E-state index >= 15 is 0 Å². The molecule has 6 heteroatoms. The van der Waals surface area contributed by atoms with E-state index in [4.69, 9.17) is 0 Å². The number of hydrogen-bond donors (Lipinski definition) is 2. The van der Waals surface area contributed by atoms with Gasteiger partial charge in [-0.1, -0.05) is 77.9 Å². The zero-order valence-corrected chi connectivity index (χ0v) is 22.3. The number of benzene rings is 2. The number of amides is 2. The summed E-state index contributed by atoms with van der Waals surface area (Å²) in [6.45, 7) is 16.9. The van der Waals surface area contributed by atoms with Crippen LogP contribution in [0, 0.1) is 0 Å². The molecule has 1 saturated heterocycles. The van der Waals surface area contributed by atoms with Crippen LogP contribution in [0.25, 0.3) is 0 Å². The number of nitrogens with one attached hydrogen (secondary N) is 2. The smallest absolute Gasteiger partial charge is 0.238 e. The number of nitrogens with zero attached hydrogens (tertiary/aromatic N) is 2. The van der Waals surface area contributed by atoms with Crippen molar-refractivity contribution in [2.24, 2.45) is 0 Å². The average Bonchev–Trinajstić information content (AvgIpc) is 2.97. The van der Waals surface area contributed by atoms with Gasteiger partial charge in [-0.3, -0.25) is 19.4 Å². The third kappa shape index (κ3) is 7.91. The van der Waals surface area contributed by atoms with Crippen molar-refractivity contribution in [3.63, 3.8) is 0 Å². The second-order valence-electron chi connectivity index (χ2n) is 11.6. The Morgan fingerprint density at radius 3 is 1.40 bits per heavy atom. The van der Waals surface area contributed by atoms with Crippen LogP contribution in [0.1, 0.15) is 59.1 Å². The van der Waals surface area contributed by atoms with Gasteiger partial charge in [-0.05, 0) is 53.6 Å². The molecule has 1 fully saturated rings. The van der Waals surface area contributed by atoms with Crippen LogP contribution in [-0.4, -0.2) is 60.9 Å². The predicted octanol–water partition coefficient (Wildman–Crippen LogP) is 4.87. The lowest BCUT2D eigenvalue weighted by atomic mass is 9.86. The summed E-state index contributed by atoms with van der Waals surface area (Å²) in [6, 6.07) is 16.0. The van der Waals surface area contributed by atoms with Gasteiger partial charge in [0.1, 0.15) is 0 Å².